The van der Waals surface area contributed by atoms with Crippen LogP contribution in [0, 0.1) is 0 Å². The molecule has 0 atom stereocenters. The minimum absolute atomic E-state index is 0.435. The molecule has 0 aliphatic rings. The first-order valence-electron chi connectivity index (χ1n) is 3.55. The summed E-state index contributed by atoms with van der Waals surface area (Å²) < 4.78 is 40.7. The molecule has 82 valence electrons. The van der Waals surface area contributed by atoms with Gasteiger partial charge in [-0.05, 0) is 6.07 Å². The van der Waals surface area contributed by atoms with E-state index in [1.54, 1.807) is 0 Å². The molecule has 0 saturated heterocycles. The van der Waals surface area contributed by atoms with E-state index in [4.69, 9.17) is 11.6 Å². The molecule has 0 aliphatic carbocycles. The molecule has 0 aliphatic heterocycles. The smallest absolute Gasteiger partial charge is 0.435 e. The molecule has 0 aromatic carbocycles. The third kappa shape index (κ3) is 2.56. The second-order valence-corrected chi connectivity index (χ2v) is 2.78. The Labute approximate surface area is 87.0 Å². The zero-order valence-corrected chi connectivity index (χ0v) is 8.06. The van der Waals surface area contributed by atoms with Crippen molar-refractivity contribution in [3.63, 3.8) is 0 Å². The monoisotopic (exact) mass is 240 g/mol. The number of alkyl halides is 3. The summed E-state index contributed by atoms with van der Waals surface area (Å²) in [4.78, 5) is 11.0. The van der Waals surface area contributed by atoms with Crippen LogP contribution < -0.4 is 0 Å². The van der Waals surface area contributed by atoms with Crippen molar-refractivity contribution in [3.05, 3.63) is 22.5 Å². The Morgan fingerprint density at radius 3 is 2.53 bits per heavy atom. The highest BCUT2D eigenvalue weighted by Gasteiger charge is 2.34. The fourth-order valence-electron chi connectivity index (χ4n) is 0.768. The van der Waals surface area contributed by atoms with Crippen molar-refractivity contribution in [2.45, 2.75) is 6.18 Å². The quantitative estimate of drug-likeness (QED) is 0.704. The predicted octanol–water partition coefficient (Wildman–Crippen LogP) is 1.94. The van der Waals surface area contributed by atoms with Crippen LogP contribution in [0.25, 0.3) is 0 Å². The number of hydrogen-bond donors (Lipinski definition) is 0. The van der Waals surface area contributed by atoms with Crippen molar-refractivity contribution >= 4 is 17.6 Å². The van der Waals surface area contributed by atoms with Crippen molar-refractivity contribution < 1.29 is 22.7 Å². The maximum absolute atomic E-state index is 12.2. The summed E-state index contributed by atoms with van der Waals surface area (Å²) in [7, 11) is 1.02. The van der Waals surface area contributed by atoms with Crippen molar-refractivity contribution in [2.24, 2.45) is 0 Å². The first kappa shape index (κ1) is 11.7. The summed E-state index contributed by atoms with van der Waals surface area (Å²) in [6.45, 7) is 0. The molecular formula is C7H4ClF3N2O2. The van der Waals surface area contributed by atoms with Gasteiger partial charge in [0, 0.05) is 0 Å². The van der Waals surface area contributed by atoms with E-state index in [2.05, 4.69) is 14.9 Å². The van der Waals surface area contributed by atoms with E-state index in [0.29, 0.717) is 6.07 Å². The zero-order valence-electron chi connectivity index (χ0n) is 7.30. The van der Waals surface area contributed by atoms with Gasteiger partial charge >= 0.3 is 12.1 Å². The maximum atomic E-state index is 12.2. The highest BCUT2D eigenvalue weighted by atomic mass is 35.5. The van der Waals surface area contributed by atoms with Gasteiger partial charge in [-0.1, -0.05) is 11.6 Å². The van der Waals surface area contributed by atoms with Crippen LogP contribution in [-0.4, -0.2) is 23.3 Å². The molecule has 0 saturated carbocycles. The fourth-order valence-corrected chi connectivity index (χ4v) is 0.938. The van der Waals surface area contributed by atoms with Crippen molar-refractivity contribution in [3.8, 4) is 0 Å². The van der Waals surface area contributed by atoms with E-state index in [0.717, 1.165) is 7.11 Å². The number of methoxy groups -OCH3 is 1. The van der Waals surface area contributed by atoms with E-state index < -0.39 is 28.6 Å². The zero-order chi connectivity index (χ0) is 11.6. The number of ether oxygens (including phenoxy) is 1. The van der Waals surface area contributed by atoms with Crippen LogP contribution in [0.2, 0.25) is 5.15 Å². The lowest BCUT2D eigenvalue weighted by Crippen LogP contribution is -2.13. The van der Waals surface area contributed by atoms with Gasteiger partial charge in [-0.25, -0.2) is 4.79 Å². The van der Waals surface area contributed by atoms with E-state index in [1.165, 1.54) is 0 Å². The Bertz CT molecular complexity index is 394. The predicted molar refractivity (Wildman–Crippen MR) is 43.4 cm³/mol. The molecule has 0 bridgehead atoms. The molecule has 1 aromatic rings. The fraction of sp³-hybridized carbons (Fsp3) is 0.286. The summed E-state index contributed by atoms with van der Waals surface area (Å²) in [5.74, 6) is -1.000. The number of rotatable bonds is 1. The second-order valence-electron chi connectivity index (χ2n) is 2.42. The minimum atomic E-state index is -4.68. The Balaban J connectivity index is 3.23. The number of nitrogens with zero attached hydrogens (tertiary/aromatic N) is 2. The average Bonchev–Trinajstić information content (AvgIpc) is 2.15. The molecule has 0 fully saturated rings. The molecule has 0 amide bonds. The maximum Gasteiger partial charge on any atom is 0.435 e. The molecule has 0 N–H and O–H groups in total. The van der Waals surface area contributed by atoms with Gasteiger partial charge < -0.3 is 4.74 Å². The highest BCUT2D eigenvalue weighted by molar-refractivity contribution is 6.32. The molecule has 4 nitrogen and oxygen atoms in total. The molecule has 8 heteroatoms. The van der Waals surface area contributed by atoms with Gasteiger partial charge in [-0.15, -0.1) is 10.2 Å². The second kappa shape index (κ2) is 4.01. The van der Waals surface area contributed by atoms with Gasteiger partial charge in [0.05, 0.1) is 7.11 Å². The summed E-state index contributed by atoms with van der Waals surface area (Å²) >= 11 is 5.38. The normalized spacial score (nSPS) is 11.3. The van der Waals surface area contributed by atoms with Crippen LogP contribution in [0.3, 0.4) is 0 Å². The van der Waals surface area contributed by atoms with Crippen LogP contribution in [0.15, 0.2) is 6.07 Å². The lowest BCUT2D eigenvalue weighted by Gasteiger charge is -2.06. The standard InChI is InChI=1S/C7H4ClF3N2O2/c1-15-6(14)3-2-4(7(9,10)11)12-13-5(3)8/h2H,1H3. The van der Waals surface area contributed by atoms with Crippen LogP contribution in [-0.2, 0) is 10.9 Å². The summed E-state index contributed by atoms with van der Waals surface area (Å²) in [6, 6.07) is 0.487. The van der Waals surface area contributed by atoms with E-state index in [-0.39, 0.29) is 0 Å². The molecule has 1 heterocycles. The Kier molecular flexibility index (Phi) is 3.13. The van der Waals surface area contributed by atoms with Gasteiger partial charge in [0.2, 0.25) is 0 Å². The Morgan fingerprint density at radius 1 is 1.47 bits per heavy atom. The first-order chi connectivity index (χ1) is 6.86. The molecule has 15 heavy (non-hydrogen) atoms. The third-order valence-electron chi connectivity index (χ3n) is 1.44. The molecule has 0 unspecified atom stereocenters. The lowest BCUT2D eigenvalue weighted by molar-refractivity contribution is -0.141. The molecule has 1 rings (SSSR count). The van der Waals surface area contributed by atoms with E-state index in [1.807, 2.05) is 0 Å². The highest BCUT2D eigenvalue weighted by Crippen LogP contribution is 2.28. The molecule has 0 radical (unpaired) electrons. The third-order valence-corrected chi connectivity index (χ3v) is 1.72. The number of halogens is 4. The SMILES string of the molecule is COC(=O)c1cc(C(F)(F)F)nnc1Cl. The Morgan fingerprint density at radius 2 is 2.07 bits per heavy atom. The van der Waals surface area contributed by atoms with Crippen molar-refractivity contribution in [1.29, 1.82) is 0 Å². The minimum Gasteiger partial charge on any atom is -0.465 e. The van der Waals surface area contributed by atoms with E-state index in [9.17, 15) is 18.0 Å². The van der Waals surface area contributed by atoms with Crippen LogP contribution >= 0.6 is 11.6 Å². The van der Waals surface area contributed by atoms with Gasteiger partial charge in [-0.3, -0.25) is 0 Å². The van der Waals surface area contributed by atoms with Gasteiger partial charge in [0.15, 0.2) is 10.8 Å². The number of hydrogen-bond acceptors (Lipinski definition) is 4. The number of aromatic nitrogens is 2. The molecular weight excluding hydrogens is 237 g/mol. The largest absolute Gasteiger partial charge is 0.465 e. The van der Waals surface area contributed by atoms with Gasteiger partial charge in [-0.2, -0.15) is 13.2 Å². The van der Waals surface area contributed by atoms with Gasteiger partial charge in [0.1, 0.15) is 5.56 Å². The van der Waals surface area contributed by atoms with Crippen molar-refractivity contribution in [2.75, 3.05) is 7.11 Å². The van der Waals surface area contributed by atoms with Crippen molar-refractivity contribution in [1.82, 2.24) is 10.2 Å². The van der Waals surface area contributed by atoms with Crippen LogP contribution in [0.1, 0.15) is 16.1 Å². The molecule has 1 aromatic heterocycles. The summed E-state index contributed by atoms with van der Waals surface area (Å²) in [6.07, 6.45) is -4.68. The Hall–Kier alpha value is -1.37. The lowest BCUT2D eigenvalue weighted by atomic mass is 10.2. The number of esters is 1. The number of carbonyl (C=O) groups is 1. The molecule has 0 spiro atoms. The average molecular weight is 241 g/mol. The van der Waals surface area contributed by atoms with E-state index >= 15 is 0 Å². The summed E-state index contributed by atoms with van der Waals surface area (Å²) in [5.41, 5.74) is -1.77. The van der Waals surface area contributed by atoms with Gasteiger partial charge in [0.25, 0.3) is 0 Å². The topological polar surface area (TPSA) is 52.1 Å². The van der Waals surface area contributed by atoms with Crippen LogP contribution in [0.4, 0.5) is 13.2 Å². The summed E-state index contributed by atoms with van der Waals surface area (Å²) in [5, 5.41) is 5.39. The first-order valence-corrected chi connectivity index (χ1v) is 3.92. The van der Waals surface area contributed by atoms with Crippen LogP contribution in [0.5, 0.6) is 0 Å². The number of carbonyl (C=O) groups excluding carboxylic acids is 1.